The second-order valence-corrected chi connectivity index (χ2v) is 12.7. The van der Waals surface area contributed by atoms with E-state index < -0.39 is 0 Å². The molecule has 38 heavy (non-hydrogen) atoms. The molecule has 3 aromatic rings. The predicted octanol–water partition coefficient (Wildman–Crippen LogP) is 5.39. The lowest BCUT2D eigenvalue weighted by Crippen LogP contribution is -2.48. The number of H-pyrrole nitrogens is 1. The molecule has 1 spiro atoms. The van der Waals surface area contributed by atoms with E-state index in [0.29, 0.717) is 11.6 Å². The van der Waals surface area contributed by atoms with Gasteiger partial charge in [0.25, 0.3) is 0 Å². The second-order valence-electron chi connectivity index (χ2n) is 11.7. The van der Waals surface area contributed by atoms with Crippen LogP contribution in [-0.4, -0.2) is 49.8 Å². The van der Waals surface area contributed by atoms with Gasteiger partial charge in [-0.05, 0) is 69.0 Å². The number of aromatic amines is 1. The zero-order valence-corrected chi connectivity index (χ0v) is 23.7. The largest absolute Gasteiger partial charge is 0.342 e. The smallest absolute Gasteiger partial charge is 0.227 e. The highest BCUT2D eigenvalue weighted by Gasteiger charge is 2.45. The van der Waals surface area contributed by atoms with Gasteiger partial charge in [-0.3, -0.25) is 14.7 Å². The maximum atomic E-state index is 12.9. The molecular formula is C29H36N6O2S. The summed E-state index contributed by atoms with van der Waals surface area (Å²) in [6.45, 7) is 11.0. The summed E-state index contributed by atoms with van der Waals surface area (Å²) < 4.78 is 0. The average molecular weight is 533 g/mol. The van der Waals surface area contributed by atoms with Crippen LogP contribution >= 0.6 is 11.8 Å². The van der Waals surface area contributed by atoms with E-state index in [1.807, 2.05) is 62.9 Å². The number of aromatic nitrogens is 4. The molecule has 0 unspecified atom stereocenters. The van der Waals surface area contributed by atoms with Gasteiger partial charge in [0.2, 0.25) is 5.91 Å². The fourth-order valence-electron chi connectivity index (χ4n) is 5.54. The zero-order chi connectivity index (χ0) is 27.1. The minimum absolute atomic E-state index is 0.0501. The van der Waals surface area contributed by atoms with E-state index in [4.69, 9.17) is 9.97 Å². The van der Waals surface area contributed by atoms with E-state index in [-0.39, 0.29) is 22.5 Å². The molecule has 3 heterocycles. The summed E-state index contributed by atoms with van der Waals surface area (Å²) in [5.41, 5.74) is 3.83. The minimum atomic E-state index is -0.372. The van der Waals surface area contributed by atoms with Crippen molar-refractivity contribution in [3.05, 3.63) is 52.8 Å². The molecule has 0 atom stereocenters. The van der Waals surface area contributed by atoms with Gasteiger partial charge in [-0.1, -0.05) is 32.9 Å². The number of aryl methyl sites for hydroxylation is 1. The van der Waals surface area contributed by atoms with Crippen molar-refractivity contribution >= 4 is 35.1 Å². The molecule has 0 bridgehead atoms. The Bertz CT molecular complexity index is 1350. The molecule has 1 aromatic carbocycles. The Morgan fingerprint density at radius 3 is 2.42 bits per heavy atom. The summed E-state index contributed by atoms with van der Waals surface area (Å²) in [5, 5.41) is 11.5. The van der Waals surface area contributed by atoms with Gasteiger partial charge in [0.15, 0.2) is 11.0 Å². The van der Waals surface area contributed by atoms with E-state index in [2.05, 4.69) is 15.5 Å². The van der Waals surface area contributed by atoms with Crippen LogP contribution in [0.2, 0.25) is 0 Å². The standard InChI is InChI=1S/C29H36N6O2S/c1-18-16-23(34-33-18)30-25-22-10-11-29(12-14-35(15-13-29)26(37)28(3,4)5)24(22)31-27(32-25)38-21-8-6-20(7-9-21)17-19(2)36/h6-9,16H,10-15,17H2,1-5H3,(H2,30,31,32,33,34). The van der Waals surface area contributed by atoms with Crippen molar-refractivity contribution in [1.82, 2.24) is 25.1 Å². The van der Waals surface area contributed by atoms with Crippen molar-refractivity contribution in [2.75, 3.05) is 18.4 Å². The molecule has 9 heteroatoms. The third-order valence-corrected chi connectivity index (χ3v) is 8.40. The number of nitrogens with one attached hydrogen (secondary N) is 2. The molecule has 5 rings (SSSR count). The first-order valence-corrected chi connectivity index (χ1v) is 14.1. The van der Waals surface area contributed by atoms with Crippen molar-refractivity contribution in [3.63, 3.8) is 0 Å². The molecule has 0 saturated carbocycles. The summed E-state index contributed by atoms with van der Waals surface area (Å²) in [6, 6.07) is 10.0. The van der Waals surface area contributed by atoms with Gasteiger partial charge < -0.3 is 10.2 Å². The normalized spacial score (nSPS) is 16.5. The summed E-state index contributed by atoms with van der Waals surface area (Å²) >= 11 is 1.53. The van der Waals surface area contributed by atoms with Crippen molar-refractivity contribution in [2.45, 2.75) is 82.2 Å². The molecule has 2 N–H and O–H groups in total. The molecule has 1 saturated heterocycles. The number of anilines is 2. The monoisotopic (exact) mass is 532 g/mol. The summed E-state index contributed by atoms with van der Waals surface area (Å²) in [7, 11) is 0. The first-order chi connectivity index (χ1) is 18.0. The van der Waals surface area contributed by atoms with Crippen molar-refractivity contribution in [3.8, 4) is 0 Å². The van der Waals surface area contributed by atoms with Gasteiger partial charge in [-0.15, -0.1) is 0 Å². The fraction of sp³-hybridized carbons (Fsp3) is 0.483. The SMILES string of the molecule is CC(=O)Cc1ccc(Sc2nc(Nc3cc(C)[nH]n3)c3c(n2)C2(CC3)CCN(C(=O)C(C)(C)C)CC2)cc1. The molecule has 8 nitrogen and oxygen atoms in total. The van der Waals surface area contributed by atoms with E-state index in [0.717, 1.165) is 77.8 Å². The van der Waals surface area contributed by atoms with Crippen molar-refractivity contribution in [2.24, 2.45) is 5.41 Å². The molecule has 1 amide bonds. The maximum absolute atomic E-state index is 12.9. The lowest BCUT2D eigenvalue weighted by Gasteiger charge is -2.41. The Balaban J connectivity index is 1.45. The number of carbonyl (C=O) groups excluding carboxylic acids is 2. The van der Waals surface area contributed by atoms with Crippen molar-refractivity contribution < 1.29 is 9.59 Å². The number of benzene rings is 1. The quantitative estimate of drug-likeness (QED) is 0.410. The number of carbonyl (C=O) groups is 2. The summed E-state index contributed by atoms with van der Waals surface area (Å²) in [4.78, 5) is 37.5. The van der Waals surface area contributed by atoms with Crippen LogP contribution in [0, 0.1) is 12.3 Å². The zero-order valence-electron chi connectivity index (χ0n) is 22.9. The van der Waals surface area contributed by atoms with Crippen LogP contribution in [0.3, 0.4) is 0 Å². The molecule has 1 aliphatic carbocycles. The number of nitrogens with zero attached hydrogens (tertiary/aromatic N) is 4. The van der Waals surface area contributed by atoms with Crippen LogP contribution in [0.1, 0.15) is 69.5 Å². The van der Waals surface area contributed by atoms with Gasteiger partial charge in [-0.2, -0.15) is 5.10 Å². The number of amides is 1. The Labute approximate surface area is 228 Å². The third kappa shape index (κ3) is 5.48. The van der Waals surface area contributed by atoms with E-state index in [9.17, 15) is 9.59 Å². The molecule has 200 valence electrons. The molecule has 1 aliphatic heterocycles. The highest BCUT2D eigenvalue weighted by molar-refractivity contribution is 7.99. The van der Waals surface area contributed by atoms with Crippen LogP contribution < -0.4 is 5.32 Å². The van der Waals surface area contributed by atoms with Gasteiger partial charge in [0.05, 0.1) is 5.69 Å². The lowest BCUT2D eigenvalue weighted by atomic mass is 9.75. The van der Waals surface area contributed by atoms with E-state index in [1.165, 1.54) is 11.8 Å². The number of piperidine rings is 1. The topological polar surface area (TPSA) is 104 Å². The van der Waals surface area contributed by atoms with Crippen LogP contribution in [0.4, 0.5) is 11.6 Å². The maximum Gasteiger partial charge on any atom is 0.227 e. The van der Waals surface area contributed by atoms with Crippen molar-refractivity contribution in [1.29, 1.82) is 0 Å². The highest BCUT2D eigenvalue weighted by atomic mass is 32.2. The average Bonchev–Trinajstić information content (AvgIpc) is 3.43. The summed E-state index contributed by atoms with van der Waals surface area (Å²) in [5.74, 6) is 1.91. The number of rotatable bonds is 6. The number of Topliss-reactive ketones (excluding diaryl/α,β-unsaturated/α-hetero) is 1. The van der Waals surface area contributed by atoms with Crippen LogP contribution in [0.5, 0.6) is 0 Å². The van der Waals surface area contributed by atoms with Gasteiger partial charge in [0, 0.05) is 52.6 Å². The Morgan fingerprint density at radius 1 is 1.11 bits per heavy atom. The van der Waals surface area contributed by atoms with Crippen LogP contribution in [-0.2, 0) is 27.8 Å². The van der Waals surface area contributed by atoms with Gasteiger partial charge in [0.1, 0.15) is 11.6 Å². The number of hydrogen-bond acceptors (Lipinski definition) is 7. The van der Waals surface area contributed by atoms with Crippen LogP contribution in [0.15, 0.2) is 40.4 Å². The van der Waals surface area contributed by atoms with Gasteiger partial charge >= 0.3 is 0 Å². The second kappa shape index (κ2) is 10.2. The Hall–Kier alpha value is -3.20. The number of fused-ring (bicyclic) bond motifs is 2. The summed E-state index contributed by atoms with van der Waals surface area (Å²) in [6.07, 6.45) is 4.16. The number of hydrogen-bond donors (Lipinski definition) is 2. The lowest BCUT2D eigenvalue weighted by molar-refractivity contribution is -0.141. The molecular weight excluding hydrogens is 496 g/mol. The third-order valence-electron chi connectivity index (χ3n) is 7.53. The Kier molecular flexibility index (Phi) is 7.07. The molecule has 0 radical (unpaired) electrons. The van der Waals surface area contributed by atoms with E-state index >= 15 is 0 Å². The first kappa shape index (κ1) is 26.4. The molecule has 2 aromatic heterocycles. The van der Waals surface area contributed by atoms with Gasteiger partial charge in [-0.25, -0.2) is 9.97 Å². The predicted molar refractivity (Wildman–Crippen MR) is 149 cm³/mol. The molecule has 2 aliphatic rings. The number of likely N-dealkylation sites (tertiary alicyclic amines) is 1. The first-order valence-electron chi connectivity index (χ1n) is 13.3. The van der Waals surface area contributed by atoms with E-state index in [1.54, 1.807) is 6.92 Å². The fourth-order valence-corrected chi connectivity index (χ4v) is 6.30. The van der Waals surface area contributed by atoms with Crippen LogP contribution in [0.25, 0.3) is 0 Å². The number of ketones is 1. The molecule has 1 fully saturated rings. The Morgan fingerprint density at radius 2 is 1.82 bits per heavy atom. The minimum Gasteiger partial charge on any atom is -0.342 e. The highest BCUT2D eigenvalue weighted by Crippen LogP contribution is 2.48.